The van der Waals surface area contributed by atoms with E-state index in [4.69, 9.17) is 4.74 Å². The number of nitrogens with zero attached hydrogens (tertiary/aromatic N) is 3. The van der Waals surface area contributed by atoms with Crippen molar-refractivity contribution >= 4 is 11.6 Å². The summed E-state index contributed by atoms with van der Waals surface area (Å²) in [7, 11) is 0. The van der Waals surface area contributed by atoms with Crippen LogP contribution in [0.25, 0.3) is 0 Å². The molecule has 1 aromatic heterocycles. The maximum atomic E-state index is 12.6. The van der Waals surface area contributed by atoms with Crippen molar-refractivity contribution in [3.8, 4) is 0 Å². The fourth-order valence-corrected chi connectivity index (χ4v) is 2.92. The molecule has 0 aliphatic carbocycles. The van der Waals surface area contributed by atoms with Crippen molar-refractivity contribution in [2.24, 2.45) is 0 Å². The van der Waals surface area contributed by atoms with Gasteiger partial charge in [-0.2, -0.15) is 13.2 Å². The molecule has 1 amide bonds. The van der Waals surface area contributed by atoms with Crippen LogP contribution in [0.2, 0.25) is 0 Å². The molecule has 0 spiro atoms. The zero-order valence-electron chi connectivity index (χ0n) is 12.6. The highest BCUT2D eigenvalue weighted by atomic mass is 19.4. The number of hydrogen-bond acceptors (Lipinski definition) is 4. The predicted octanol–water partition coefficient (Wildman–Crippen LogP) is 1.93. The summed E-state index contributed by atoms with van der Waals surface area (Å²) < 4.78 is 43.2. The van der Waals surface area contributed by atoms with Gasteiger partial charge in [-0.3, -0.25) is 4.79 Å². The van der Waals surface area contributed by atoms with Crippen molar-refractivity contribution in [3.63, 3.8) is 0 Å². The molecule has 23 heavy (non-hydrogen) atoms. The average Bonchev–Trinajstić information content (AvgIpc) is 3.08. The first kappa shape index (κ1) is 16.0. The summed E-state index contributed by atoms with van der Waals surface area (Å²) in [6.07, 6.45) is -1.80. The lowest BCUT2D eigenvalue weighted by molar-refractivity contribution is -0.143. The molecule has 0 radical (unpaired) electrons. The number of morpholine rings is 1. The number of halogens is 3. The highest BCUT2D eigenvalue weighted by Gasteiger charge is 2.34. The van der Waals surface area contributed by atoms with Gasteiger partial charge in [-0.1, -0.05) is 0 Å². The van der Waals surface area contributed by atoms with Gasteiger partial charge in [0.15, 0.2) is 6.10 Å². The third kappa shape index (κ3) is 3.57. The van der Waals surface area contributed by atoms with E-state index in [1.165, 1.54) is 12.3 Å². The van der Waals surface area contributed by atoms with Crippen molar-refractivity contribution in [1.29, 1.82) is 0 Å². The number of pyridine rings is 1. The minimum absolute atomic E-state index is 0.0351. The van der Waals surface area contributed by atoms with Crippen LogP contribution in [-0.2, 0) is 15.7 Å². The van der Waals surface area contributed by atoms with Crippen molar-refractivity contribution < 1.29 is 22.7 Å². The van der Waals surface area contributed by atoms with E-state index in [1.54, 1.807) is 4.90 Å². The molecular formula is C15H18F3N3O2. The van der Waals surface area contributed by atoms with Crippen molar-refractivity contribution in [2.75, 3.05) is 37.7 Å². The summed E-state index contributed by atoms with van der Waals surface area (Å²) in [5.74, 6) is -0.0351. The Morgan fingerprint density at radius 3 is 2.57 bits per heavy atom. The fraction of sp³-hybridized carbons (Fsp3) is 0.600. The summed E-state index contributed by atoms with van der Waals surface area (Å²) in [4.78, 5) is 19.5. The number of likely N-dealkylation sites (tertiary alicyclic amines) is 1. The minimum Gasteiger partial charge on any atom is -0.365 e. The minimum atomic E-state index is -4.45. The second-order valence-electron chi connectivity index (χ2n) is 5.74. The molecular weight excluding hydrogens is 311 g/mol. The third-order valence-corrected chi connectivity index (χ3v) is 4.16. The van der Waals surface area contributed by atoms with Gasteiger partial charge in [0.2, 0.25) is 0 Å². The summed E-state index contributed by atoms with van der Waals surface area (Å²) >= 11 is 0. The Hall–Kier alpha value is -1.83. The van der Waals surface area contributed by atoms with Crippen LogP contribution in [0.5, 0.6) is 0 Å². The molecule has 0 bridgehead atoms. The number of rotatable bonds is 2. The van der Waals surface area contributed by atoms with Crippen LogP contribution in [0, 0.1) is 0 Å². The van der Waals surface area contributed by atoms with E-state index in [0.717, 1.165) is 32.0 Å². The Kier molecular flexibility index (Phi) is 4.43. The first-order valence-electron chi connectivity index (χ1n) is 7.64. The predicted molar refractivity (Wildman–Crippen MR) is 77.0 cm³/mol. The maximum absolute atomic E-state index is 12.6. The van der Waals surface area contributed by atoms with Gasteiger partial charge in [0.05, 0.1) is 25.0 Å². The highest BCUT2D eigenvalue weighted by molar-refractivity contribution is 5.82. The second kappa shape index (κ2) is 6.35. The van der Waals surface area contributed by atoms with Gasteiger partial charge < -0.3 is 14.5 Å². The number of aromatic nitrogens is 1. The SMILES string of the molecule is O=C(C1CN(c2ccc(C(F)(F)F)nc2)CCO1)N1CCCC1. The Bertz CT molecular complexity index is 556. The standard InChI is InChI=1S/C15H18F3N3O2/c16-15(17,18)13-4-3-11(9-19-13)21-7-8-23-12(10-21)14(22)20-5-1-2-6-20/h3-4,9,12H,1-2,5-8,10H2. The van der Waals surface area contributed by atoms with E-state index in [-0.39, 0.29) is 5.91 Å². The number of alkyl halides is 3. The van der Waals surface area contributed by atoms with Gasteiger partial charge in [0.25, 0.3) is 5.91 Å². The van der Waals surface area contributed by atoms with E-state index < -0.39 is 18.0 Å². The quantitative estimate of drug-likeness (QED) is 0.832. The van der Waals surface area contributed by atoms with Crippen LogP contribution in [0.4, 0.5) is 18.9 Å². The van der Waals surface area contributed by atoms with Crippen molar-refractivity contribution in [3.05, 3.63) is 24.0 Å². The van der Waals surface area contributed by atoms with Crippen molar-refractivity contribution in [1.82, 2.24) is 9.88 Å². The number of carbonyl (C=O) groups is 1. The zero-order valence-corrected chi connectivity index (χ0v) is 12.6. The number of amides is 1. The molecule has 5 nitrogen and oxygen atoms in total. The molecule has 1 aromatic rings. The molecule has 3 rings (SSSR count). The second-order valence-corrected chi connectivity index (χ2v) is 5.74. The van der Waals surface area contributed by atoms with Gasteiger partial charge in [-0.05, 0) is 25.0 Å². The molecule has 0 aromatic carbocycles. The van der Waals surface area contributed by atoms with E-state index in [1.807, 2.05) is 4.90 Å². The van der Waals surface area contributed by atoms with Crippen LogP contribution >= 0.6 is 0 Å². The van der Waals surface area contributed by atoms with E-state index in [2.05, 4.69) is 4.98 Å². The van der Waals surface area contributed by atoms with E-state index in [0.29, 0.717) is 25.4 Å². The lowest BCUT2D eigenvalue weighted by Gasteiger charge is -2.35. The number of ether oxygens (including phenoxy) is 1. The summed E-state index contributed by atoms with van der Waals surface area (Å²) in [6, 6.07) is 2.35. The molecule has 2 fully saturated rings. The molecule has 0 N–H and O–H groups in total. The van der Waals surface area contributed by atoms with Gasteiger partial charge in [-0.25, -0.2) is 4.98 Å². The Morgan fingerprint density at radius 2 is 1.96 bits per heavy atom. The maximum Gasteiger partial charge on any atom is 0.433 e. The van der Waals surface area contributed by atoms with Crippen molar-refractivity contribution in [2.45, 2.75) is 25.1 Å². The highest BCUT2D eigenvalue weighted by Crippen LogP contribution is 2.29. The molecule has 0 saturated carbocycles. The summed E-state index contributed by atoms with van der Waals surface area (Å²) in [5.41, 5.74) is -0.347. The normalized spacial score (nSPS) is 22.5. The Labute approximate surface area is 132 Å². The molecule has 3 heterocycles. The van der Waals surface area contributed by atoms with Gasteiger partial charge in [0, 0.05) is 19.6 Å². The third-order valence-electron chi connectivity index (χ3n) is 4.16. The Morgan fingerprint density at radius 1 is 1.22 bits per heavy atom. The molecule has 2 saturated heterocycles. The van der Waals surface area contributed by atoms with Crippen LogP contribution in [-0.4, -0.2) is 54.7 Å². The average molecular weight is 329 g/mol. The zero-order chi connectivity index (χ0) is 16.4. The van der Waals surface area contributed by atoms with Gasteiger partial charge in [0.1, 0.15) is 5.69 Å². The first-order valence-corrected chi connectivity index (χ1v) is 7.64. The number of anilines is 1. The monoisotopic (exact) mass is 329 g/mol. The fourth-order valence-electron chi connectivity index (χ4n) is 2.92. The number of carbonyl (C=O) groups excluding carboxylic acids is 1. The number of hydrogen-bond donors (Lipinski definition) is 0. The molecule has 1 unspecified atom stereocenters. The van der Waals surface area contributed by atoms with Crippen LogP contribution in [0.1, 0.15) is 18.5 Å². The van der Waals surface area contributed by atoms with Crippen LogP contribution < -0.4 is 4.90 Å². The van der Waals surface area contributed by atoms with E-state index in [9.17, 15) is 18.0 Å². The van der Waals surface area contributed by atoms with Crippen LogP contribution in [0.15, 0.2) is 18.3 Å². The lowest BCUT2D eigenvalue weighted by Crippen LogP contribution is -2.50. The molecule has 2 aliphatic heterocycles. The smallest absolute Gasteiger partial charge is 0.365 e. The molecule has 1 atom stereocenters. The summed E-state index contributed by atoms with van der Waals surface area (Å²) in [6.45, 7) is 2.73. The molecule has 2 aliphatic rings. The largest absolute Gasteiger partial charge is 0.433 e. The van der Waals surface area contributed by atoms with Gasteiger partial charge >= 0.3 is 6.18 Å². The first-order chi connectivity index (χ1) is 10.9. The van der Waals surface area contributed by atoms with Crippen LogP contribution in [0.3, 0.4) is 0 Å². The Balaban J connectivity index is 1.67. The molecule has 126 valence electrons. The van der Waals surface area contributed by atoms with Gasteiger partial charge in [-0.15, -0.1) is 0 Å². The topological polar surface area (TPSA) is 45.7 Å². The lowest BCUT2D eigenvalue weighted by atomic mass is 10.2. The summed E-state index contributed by atoms with van der Waals surface area (Å²) in [5, 5.41) is 0. The van der Waals surface area contributed by atoms with E-state index >= 15 is 0 Å². The molecule has 8 heteroatoms.